The van der Waals surface area contributed by atoms with E-state index in [-0.39, 0.29) is 0 Å². The fourth-order valence-corrected chi connectivity index (χ4v) is 2.39. The molecule has 0 heterocycles. The van der Waals surface area contributed by atoms with Gasteiger partial charge < -0.3 is 0 Å². The molecule has 2 aliphatic carbocycles. The molecule has 0 radical (unpaired) electrons. The molecule has 0 bridgehead atoms. The molecule has 0 spiro atoms. The highest BCUT2D eigenvalue weighted by Crippen LogP contribution is 2.40. The van der Waals surface area contributed by atoms with E-state index in [1.54, 1.807) is 11.1 Å². The lowest BCUT2D eigenvalue weighted by Gasteiger charge is -2.17. The molecule has 0 aromatic heterocycles. The van der Waals surface area contributed by atoms with Crippen molar-refractivity contribution in [1.82, 2.24) is 0 Å². The number of aryl methyl sites for hydroxylation is 1. The van der Waals surface area contributed by atoms with Crippen LogP contribution in [0.25, 0.3) is 5.57 Å². The predicted molar refractivity (Wildman–Crippen MR) is 60.1 cm³/mol. The Labute approximate surface area is 85.6 Å². The van der Waals surface area contributed by atoms with Gasteiger partial charge in [0, 0.05) is 0 Å². The number of allylic oxidation sites excluding steroid dienone is 2. The normalized spacial score (nSPS) is 20.1. The lowest BCUT2D eigenvalue weighted by Crippen LogP contribution is -1.99. The largest absolute Gasteiger partial charge is 0.0804 e. The third-order valence-corrected chi connectivity index (χ3v) is 3.37. The van der Waals surface area contributed by atoms with Crippen LogP contribution in [0.2, 0.25) is 0 Å². The van der Waals surface area contributed by atoms with Gasteiger partial charge >= 0.3 is 0 Å². The highest BCUT2D eigenvalue weighted by Gasteiger charge is 2.24. The summed E-state index contributed by atoms with van der Waals surface area (Å²) in [5.74, 6) is 1.01. The molecular weight excluding hydrogens is 168 g/mol. The molecule has 0 heteroatoms. The van der Waals surface area contributed by atoms with Crippen molar-refractivity contribution in [3.05, 3.63) is 41.5 Å². The van der Waals surface area contributed by atoms with E-state index in [1.807, 2.05) is 0 Å². The Kier molecular flexibility index (Phi) is 1.93. The van der Waals surface area contributed by atoms with Gasteiger partial charge in [-0.1, -0.05) is 30.3 Å². The first kappa shape index (κ1) is 8.28. The predicted octanol–water partition coefficient (Wildman–Crippen LogP) is 3.82. The van der Waals surface area contributed by atoms with Crippen molar-refractivity contribution in [2.24, 2.45) is 5.92 Å². The molecule has 0 N–H and O–H groups in total. The zero-order valence-corrected chi connectivity index (χ0v) is 8.50. The first-order chi connectivity index (χ1) is 6.93. The first-order valence-electron chi connectivity index (χ1n) is 5.71. The molecule has 0 aliphatic heterocycles. The Morgan fingerprint density at radius 3 is 2.86 bits per heavy atom. The Morgan fingerprint density at radius 2 is 2.00 bits per heavy atom. The van der Waals surface area contributed by atoms with E-state index in [2.05, 4.69) is 30.3 Å². The lowest BCUT2D eigenvalue weighted by atomic mass is 9.88. The van der Waals surface area contributed by atoms with Crippen LogP contribution >= 0.6 is 0 Å². The van der Waals surface area contributed by atoms with Crippen LogP contribution in [0.4, 0.5) is 0 Å². The summed E-state index contributed by atoms with van der Waals surface area (Å²) in [7, 11) is 0. The molecule has 0 atom stereocenters. The quantitative estimate of drug-likeness (QED) is 0.655. The van der Waals surface area contributed by atoms with Gasteiger partial charge in [0.05, 0.1) is 0 Å². The molecule has 14 heavy (non-hydrogen) atoms. The molecule has 1 fully saturated rings. The van der Waals surface area contributed by atoms with Gasteiger partial charge in [-0.25, -0.2) is 0 Å². The summed E-state index contributed by atoms with van der Waals surface area (Å²) < 4.78 is 0. The van der Waals surface area contributed by atoms with E-state index in [1.165, 1.54) is 37.7 Å². The molecule has 0 saturated heterocycles. The number of fused-ring (bicyclic) bond motifs is 1. The van der Waals surface area contributed by atoms with Crippen molar-refractivity contribution in [1.29, 1.82) is 0 Å². The fraction of sp³-hybridized carbons (Fsp3) is 0.429. The van der Waals surface area contributed by atoms with Gasteiger partial charge in [-0.15, -0.1) is 0 Å². The van der Waals surface area contributed by atoms with Gasteiger partial charge in [0.15, 0.2) is 0 Å². The standard InChI is InChI=1S/C14H16/c1-2-7-14-12(4-1)5-3-6-13(14)10-11-8-9-11/h1-2,4,6-7,11H,3,5,8-10H2. The second-order valence-electron chi connectivity index (χ2n) is 4.57. The van der Waals surface area contributed by atoms with Crippen LogP contribution in [0.3, 0.4) is 0 Å². The minimum atomic E-state index is 1.01. The van der Waals surface area contributed by atoms with E-state index in [9.17, 15) is 0 Å². The summed E-state index contributed by atoms with van der Waals surface area (Å²) in [5.41, 5.74) is 4.71. The van der Waals surface area contributed by atoms with Gasteiger partial charge in [-0.05, 0) is 54.7 Å². The molecule has 72 valence electrons. The van der Waals surface area contributed by atoms with Crippen LogP contribution < -0.4 is 0 Å². The van der Waals surface area contributed by atoms with Gasteiger partial charge in [0.1, 0.15) is 0 Å². The van der Waals surface area contributed by atoms with Crippen molar-refractivity contribution >= 4 is 5.57 Å². The highest BCUT2D eigenvalue weighted by molar-refractivity contribution is 5.70. The number of rotatable bonds is 2. The summed E-state index contributed by atoms with van der Waals surface area (Å²) in [4.78, 5) is 0. The van der Waals surface area contributed by atoms with Crippen molar-refractivity contribution in [2.45, 2.75) is 32.1 Å². The van der Waals surface area contributed by atoms with Crippen LogP contribution in [0.5, 0.6) is 0 Å². The Bertz CT molecular complexity index is 369. The van der Waals surface area contributed by atoms with Crippen LogP contribution in [-0.4, -0.2) is 0 Å². The summed E-state index contributed by atoms with van der Waals surface area (Å²) in [6.45, 7) is 0. The van der Waals surface area contributed by atoms with Gasteiger partial charge in [0.25, 0.3) is 0 Å². The SMILES string of the molecule is C1=C(CC2CC2)c2ccccc2CC1. The van der Waals surface area contributed by atoms with Crippen LogP contribution in [0.1, 0.15) is 36.8 Å². The number of benzene rings is 1. The maximum Gasteiger partial charge on any atom is -0.0195 e. The number of hydrogen-bond donors (Lipinski definition) is 0. The second-order valence-corrected chi connectivity index (χ2v) is 4.57. The fourth-order valence-electron chi connectivity index (χ4n) is 2.39. The minimum absolute atomic E-state index is 1.01. The maximum absolute atomic E-state index is 2.46. The number of hydrogen-bond acceptors (Lipinski definition) is 0. The third-order valence-electron chi connectivity index (χ3n) is 3.37. The Balaban J connectivity index is 1.93. The molecule has 3 rings (SSSR count). The Hall–Kier alpha value is -1.04. The second kappa shape index (κ2) is 3.27. The van der Waals surface area contributed by atoms with E-state index in [0.29, 0.717) is 0 Å². The van der Waals surface area contributed by atoms with E-state index in [0.717, 1.165) is 5.92 Å². The molecule has 0 amide bonds. The van der Waals surface area contributed by atoms with E-state index >= 15 is 0 Å². The van der Waals surface area contributed by atoms with Crippen molar-refractivity contribution in [2.75, 3.05) is 0 Å². The van der Waals surface area contributed by atoms with Gasteiger partial charge in [-0.2, -0.15) is 0 Å². The molecule has 0 unspecified atom stereocenters. The van der Waals surface area contributed by atoms with Gasteiger partial charge in [0.2, 0.25) is 0 Å². The molecular formula is C14H16. The van der Waals surface area contributed by atoms with Crippen LogP contribution in [-0.2, 0) is 6.42 Å². The molecule has 1 aromatic rings. The molecule has 1 saturated carbocycles. The highest BCUT2D eigenvalue weighted by atomic mass is 14.3. The summed E-state index contributed by atoms with van der Waals surface area (Å²) >= 11 is 0. The summed E-state index contributed by atoms with van der Waals surface area (Å²) in [6, 6.07) is 8.92. The summed E-state index contributed by atoms with van der Waals surface area (Å²) in [5, 5.41) is 0. The monoisotopic (exact) mass is 184 g/mol. The molecule has 0 nitrogen and oxygen atoms in total. The maximum atomic E-state index is 2.46. The average molecular weight is 184 g/mol. The zero-order chi connectivity index (χ0) is 9.38. The van der Waals surface area contributed by atoms with Crippen LogP contribution in [0.15, 0.2) is 30.3 Å². The van der Waals surface area contributed by atoms with Crippen LogP contribution in [0, 0.1) is 5.92 Å². The third kappa shape index (κ3) is 1.50. The molecule has 1 aromatic carbocycles. The lowest BCUT2D eigenvalue weighted by molar-refractivity contribution is 0.856. The molecule has 2 aliphatic rings. The first-order valence-corrected chi connectivity index (χ1v) is 5.71. The van der Waals surface area contributed by atoms with Crippen molar-refractivity contribution < 1.29 is 0 Å². The smallest absolute Gasteiger partial charge is 0.0195 e. The summed E-state index contributed by atoms with van der Waals surface area (Å²) in [6.07, 6.45) is 9.19. The minimum Gasteiger partial charge on any atom is -0.0804 e. The van der Waals surface area contributed by atoms with Crippen molar-refractivity contribution in [3.8, 4) is 0 Å². The van der Waals surface area contributed by atoms with Crippen molar-refractivity contribution in [3.63, 3.8) is 0 Å². The van der Waals surface area contributed by atoms with Gasteiger partial charge in [-0.3, -0.25) is 0 Å². The van der Waals surface area contributed by atoms with E-state index in [4.69, 9.17) is 0 Å². The Morgan fingerprint density at radius 1 is 1.14 bits per heavy atom. The topological polar surface area (TPSA) is 0 Å². The average Bonchev–Trinajstić information content (AvgIpc) is 3.03. The van der Waals surface area contributed by atoms with E-state index < -0.39 is 0 Å². The zero-order valence-electron chi connectivity index (χ0n) is 8.50.